The van der Waals surface area contributed by atoms with Gasteiger partial charge in [0.2, 0.25) is 0 Å². The predicted molar refractivity (Wildman–Crippen MR) is 132 cm³/mol. The van der Waals surface area contributed by atoms with Gasteiger partial charge in [0.1, 0.15) is 5.75 Å². The van der Waals surface area contributed by atoms with Crippen LogP contribution in [0.3, 0.4) is 0 Å². The second-order valence-corrected chi connectivity index (χ2v) is 8.43. The molecule has 4 rings (SSSR count). The van der Waals surface area contributed by atoms with Gasteiger partial charge in [-0.1, -0.05) is 29.3 Å². The van der Waals surface area contributed by atoms with Gasteiger partial charge in [0, 0.05) is 48.1 Å². The largest absolute Gasteiger partial charge is 0.496 e. The molecule has 1 fully saturated rings. The third kappa shape index (κ3) is 5.29. The number of nitrogens with one attached hydrogen (secondary N) is 1. The summed E-state index contributed by atoms with van der Waals surface area (Å²) in [6.45, 7) is 4.58. The van der Waals surface area contributed by atoms with Crippen molar-refractivity contribution in [3.8, 4) is 5.75 Å². The van der Waals surface area contributed by atoms with E-state index in [2.05, 4.69) is 10.2 Å². The van der Waals surface area contributed by atoms with Crippen molar-refractivity contribution in [1.82, 2.24) is 4.90 Å². The highest BCUT2D eigenvalue weighted by Gasteiger charge is 2.24. The number of piperazine rings is 1. The van der Waals surface area contributed by atoms with Gasteiger partial charge in [-0.2, -0.15) is 0 Å². The summed E-state index contributed by atoms with van der Waals surface area (Å²) in [5, 5.41) is 3.44. The molecule has 2 amide bonds. The number of amides is 2. The number of hydrogen-bond acceptors (Lipinski definition) is 4. The Balaban J connectivity index is 1.36. The first-order valence-electron chi connectivity index (χ1n) is 10.8. The molecule has 0 bridgehead atoms. The molecule has 170 valence electrons. The van der Waals surface area contributed by atoms with Crippen LogP contribution in [0.2, 0.25) is 5.02 Å². The topological polar surface area (TPSA) is 61.9 Å². The SMILES string of the molecule is COc1ccc(Cl)cc1C(=O)N1CCN(c2ccc(NC(=O)c3cccc(C)c3)cc2)CC1. The molecule has 1 aliphatic heterocycles. The number of aryl methyl sites for hydroxylation is 1. The minimum atomic E-state index is -0.130. The van der Waals surface area contributed by atoms with E-state index in [0.717, 1.165) is 16.9 Å². The summed E-state index contributed by atoms with van der Waals surface area (Å²) >= 11 is 6.09. The maximum Gasteiger partial charge on any atom is 0.257 e. The Morgan fingerprint density at radius 3 is 2.33 bits per heavy atom. The number of hydrogen-bond donors (Lipinski definition) is 1. The average molecular weight is 464 g/mol. The second kappa shape index (κ2) is 9.96. The molecule has 1 N–H and O–H groups in total. The molecule has 1 aliphatic rings. The highest BCUT2D eigenvalue weighted by molar-refractivity contribution is 6.31. The number of nitrogens with zero attached hydrogens (tertiary/aromatic N) is 2. The van der Waals surface area contributed by atoms with Gasteiger partial charge in [0.05, 0.1) is 12.7 Å². The molecule has 3 aromatic carbocycles. The number of methoxy groups -OCH3 is 1. The maximum absolute atomic E-state index is 13.0. The minimum absolute atomic E-state index is 0.0804. The van der Waals surface area contributed by atoms with Crippen molar-refractivity contribution in [1.29, 1.82) is 0 Å². The fourth-order valence-corrected chi connectivity index (χ4v) is 4.10. The number of ether oxygens (including phenoxy) is 1. The van der Waals surface area contributed by atoms with Gasteiger partial charge in [0.15, 0.2) is 0 Å². The van der Waals surface area contributed by atoms with Gasteiger partial charge in [-0.25, -0.2) is 0 Å². The molecule has 0 aromatic heterocycles. The van der Waals surface area contributed by atoms with Crippen LogP contribution < -0.4 is 15.0 Å². The van der Waals surface area contributed by atoms with E-state index in [-0.39, 0.29) is 11.8 Å². The Bertz CT molecular complexity index is 1160. The molecule has 0 aliphatic carbocycles. The second-order valence-electron chi connectivity index (χ2n) is 7.99. The standard InChI is InChI=1S/C26H26ClN3O3/c1-18-4-3-5-19(16-18)25(31)28-21-7-9-22(10-8-21)29-12-14-30(15-13-29)26(32)23-17-20(27)6-11-24(23)33-2/h3-11,16-17H,12-15H2,1-2H3,(H,28,31). The summed E-state index contributed by atoms with van der Waals surface area (Å²) in [4.78, 5) is 29.5. The Kier molecular flexibility index (Phi) is 6.84. The van der Waals surface area contributed by atoms with E-state index in [1.165, 1.54) is 0 Å². The van der Waals surface area contributed by atoms with E-state index >= 15 is 0 Å². The summed E-state index contributed by atoms with van der Waals surface area (Å²) in [6, 6.07) is 20.4. The van der Waals surface area contributed by atoms with Crippen molar-refractivity contribution in [3.63, 3.8) is 0 Å². The monoisotopic (exact) mass is 463 g/mol. The van der Waals surface area contributed by atoms with E-state index in [9.17, 15) is 9.59 Å². The van der Waals surface area contributed by atoms with Crippen LogP contribution in [0.25, 0.3) is 0 Å². The number of rotatable bonds is 5. The van der Waals surface area contributed by atoms with Crippen molar-refractivity contribution in [2.75, 3.05) is 43.5 Å². The number of halogens is 1. The summed E-state index contributed by atoms with van der Waals surface area (Å²) < 4.78 is 5.33. The van der Waals surface area contributed by atoms with Crippen LogP contribution in [-0.4, -0.2) is 50.0 Å². The van der Waals surface area contributed by atoms with Crippen molar-refractivity contribution in [2.24, 2.45) is 0 Å². The van der Waals surface area contributed by atoms with Crippen molar-refractivity contribution in [2.45, 2.75) is 6.92 Å². The number of carbonyl (C=O) groups excluding carboxylic acids is 2. The van der Waals surface area contributed by atoms with Gasteiger partial charge >= 0.3 is 0 Å². The van der Waals surface area contributed by atoms with Crippen LogP contribution in [-0.2, 0) is 0 Å². The molecule has 0 spiro atoms. The van der Waals surface area contributed by atoms with Gasteiger partial charge in [-0.3, -0.25) is 9.59 Å². The Morgan fingerprint density at radius 1 is 0.939 bits per heavy atom. The fourth-order valence-electron chi connectivity index (χ4n) is 3.93. The molecule has 1 saturated heterocycles. The Hall–Kier alpha value is -3.51. The van der Waals surface area contributed by atoms with E-state index in [1.54, 1.807) is 31.4 Å². The van der Waals surface area contributed by atoms with Gasteiger partial charge in [-0.15, -0.1) is 0 Å². The summed E-state index contributed by atoms with van der Waals surface area (Å²) in [5.74, 6) is 0.313. The lowest BCUT2D eigenvalue weighted by Crippen LogP contribution is -2.48. The third-order valence-corrected chi connectivity index (χ3v) is 5.96. The lowest BCUT2D eigenvalue weighted by Gasteiger charge is -2.36. The van der Waals surface area contributed by atoms with Crippen molar-refractivity contribution in [3.05, 3.63) is 88.4 Å². The Labute approximate surface area is 198 Å². The predicted octanol–water partition coefficient (Wildman–Crippen LogP) is 4.87. The first-order valence-corrected chi connectivity index (χ1v) is 11.2. The molecule has 1 heterocycles. The van der Waals surface area contributed by atoms with Crippen molar-refractivity contribution < 1.29 is 14.3 Å². The van der Waals surface area contributed by atoms with Gasteiger partial charge in [-0.05, 0) is 61.5 Å². The summed E-state index contributed by atoms with van der Waals surface area (Å²) in [7, 11) is 1.55. The van der Waals surface area contributed by atoms with Crippen LogP contribution >= 0.6 is 11.6 Å². The van der Waals surface area contributed by atoms with E-state index in [0.29, 0.717) is 48.1 Å². The molecular formula is C26H26ClN3O3. The molecule has 33 heavy (non-hydrogen) atoms. The van der Waals surface area contributed by atoms with E-state index in [4.69, 9.17) is 16.3 Å². The highest BCUT2D eigenvalue weighted by Crippen LogP contribution is 2.26. The Morgan fingerprint density at radius 2 is 1.67 bits per heavy atom. The van der Waals surface area contributed by atoms with Gasteiger partial charge in [0.25, 0.3) is 11.8 Å². The van der Waals surface area contributed by atoms with Crippen LogP contribution in [0.4, 0.5) is 11.4 Å². The summed E-state index contributed by atoms with van der Waals surface area (Å²) in [5.41, 5.74) is 3.95. The molecule has 0 unspecified atom stereocenters. The van der Waals surface area contributed by atoms with Gasteiger partial charge < -0.3 is 19.9 Å². The zero-order valence-corrected chi connectivity index (χ0v) is 19.4. The zero-order chi connectivity index (χ0) is 23.4. The number of anilines is 2. The lowest BCUT2D eigenvalue weighted by molar-refractivity contribution is 0.0743. The molecule has 0 radical (unpaired) electrons. The lowest BCUT2D eigenvalue weighted by atomic mass is 10.1. The normalized spacial score (nSPS) is 13.5. The van der Waals surface area contributed by atoms with Crippen LogP contribution in [0.5, 0.6) is 5.75 Å². The fraction of sp³-hybridized carbons (Fsp3) is 0.231. The first-order chi connectivity index (χ1) is 15.9. The number of benzene rings is 3. The highest BCUT2D eigenvalue weighted by atomic mass is 35.5. The van der Waals surface area contributed by atoms with Crippen LogP contribution in [0.15, 0.2) is 66.7 Å². The number of carbonyl (C=O) groups is 2. The first kappa shape index (κ1) is 22.7. The maximum atomic E-state index is 13.0. The average Bonchev–Trinajstić information content (AvgIpc) is 2.84. The molecule has 0 atom stereocenters. The smallest absolute Gasteiger partial charge is 0.257 e. The minimum Gasteiger partial charge on any atom is -0.496 e. The molecule has 7 heteroatoms. The molecule has 6 nitrogen and oxygen atoms in total. The quantitative estimate of drug-likeness (QED) is 0.586. The zero-order valence-electron chi connectivity index (χ0n) is 18.7. The summed E-state index contributed by atoms with van der Waals surface area (Å²) in [6.07, 6.45) is 0. The molecular weight excluding hydrogens is 438 g/mol. The van der Waals surface area contributed by atoms with Crippen molar-refractivity contribution >= 4 is 34.8 Å². The van der Waals surface area contributed by atoms with Crippen LogP contribution in [0, 0.1) is 6.92 Å². The molecule has 0 saturated carbocycles. The van der Waals surface area contributed by atoms with Crippen LogP contribution in [0.1, 0.15) is 26.3 Å². The third-order valence-electron chi connectivity index (χ3n) is 5.73. The van der Waals surface area contributed by atoms with E-state index < -0.39 is 0 Å². The van der Waals surface area contributed by atoms with E-state index in [1.807, 2.05) is 54.3 Å². The molecule has 3 aromatic rings.